The molecule has 1 aromatic rings. The molecular weight excluding hydrogens is 378 g/mol. The van der Waals surface area contributed by atoms with E-state index in [1.165, 1.54) is 37.3 Å². The van der Waals surface area contributed by atoms with Crippen molar-refractivity contribution < 1.29 is 32.7 Å². The monoisotopic (exact) mass is 396 g/mol. The summed E-state index contributed by atoms with van der Waals surface area (Å²) in [5.74, 6) is -1.71. The summed E-state index contributed by atoms with van der Waals surface area (Å²) in [7, 11) is 0. The second-order valence-corrected chi connectivity index (χ2v) is 5.90. The smallest absolute Gasteiger partial charge is 0.387 e. The first-order chi connectivity index (χ1) is 13.2. The van der Waals surface area contributed by atoms with Crippen LogP contribution >= 0.6 is 0 Å². The largest absolute Gasteiger partial charge is 0.435 e. The van der Waals surface area contributed by atoms with Gasteiger partial charge in [0.1, 0.15) is 17.8 Å². The minimum Gasteiger partial charge on any atom is -0.435 e. The fourth-order valence-corrected chi connectivity index (χ4v) is 2.52. The number of urea groups is 2. The Labute approximate surface area is 158 Å². The summed E-state index contributed by atoms with van der Waals surface area (Å²) in [5, 5.41) is 6.74. The van der Waals surface area contributed by atoms with Crippen LogP contribution in [0.25, 0.3) is 0 Å². The fraction of sp³-hybridized carbons (Fsp3) is 0.294. The van der Waals surface area contributed by atoms with Gasteiger partial charge in [-0.3, -0.25) is 19.8 Å². The molecule has 1 heterocycles. The number of halogens is 2. The number of ether oxygens (including phenoxy) is 1. The highest BCUT2D eigenvalue weighted by molar-refractivity contribution is 6.10. The van der Waals surface area contributed by atoms with Crippen LogP contribution in [-0.4, -0.2) is 48.5 Å². The summed E-state index contributed by atoms with van der Waals surface area (Å²) in [5.41, 5.74) is -1.20. The summed E-state index contributed by atoms with van der Waals surface area (Å²) < 4.78 is 28.7. The van der Waals surface area contributed by atoms with Gasteiger partial charge >= 0.3 is 18.7 Å². The molecule has 0 saturated carbocycles. The van der Waals surface area contributed by atoms with Gasteiger partial charge in [-0.05, 0) is 24.6 Å². The van der Waals surface area contributed by atoms with E-state index in [0.717, 1.165) is 0 Å². The summed E-state index contributed by atoms with van der Waals surface area (Å²) in [4.78, 5) is 48.8. The maximum Gasteiger partial charge on any atom is 0.387 e. The number of carbonyl (C=O) groups is 4. The van der Waals surface area contributed by atoms with Crippen molar-refractivity contribution >= 4 is 23.9 Å². The molecule has 0 spiro atoms. The Morgan fingerprint density at radius 3 is 2.54 bits per heavy atom. The van der Waals surface area contributed by atoms with Crippen molar-refractivity contribution in [3.05, 3.63) is 42.5 Å². The van der Waals surface area contributed by atoms with Crippen LogP contribution < -0.4 is 20.7 Å². The van der Waals surface area contributed by atoms with Gasteiger partial charge in [0.05, 0.1) is 0 Å². The summed E-state index contributed by atoms with van der Waals surface area (Å²) in [6, 6.07) is 3.53. The third kappa shape index (κ3) is 4.61. The van der Waals surface area contributed by atoms with Crippen molar-refractivity contribution in [3.8, 4) is 5.75 Å². The van der Waals surface area contributed by atoms with Gasteiger partial charge in [0.25, 0.3) is 5.91 Å². The van der Waals surface area contributed by atoms with Crippen LogP contribution in [0.5, 0.6) is 5.75 Å². The third-order valence-corrected chi connectivity index (χ3v) is 3.89. The first kappa shape index (κ1) is 20.8. The minimum atomic E-state index is -2.99. The lowest BCUT2D eigenvalue weighted by Crippen LogP contribution is -2.46. The highest BCUT2D eigenvalue weighted by atomic mass is 19.3. The van der Waals surface area contributed by atoms with E-state index in [4.69, 9.17) is 0 Å². The molecule has 0 aliphatic carbocycles. The number of imide groups is 2. The Balaban J connectivity index is 2.08. The van der Waals surface area contributed by atoms with Crippen LogP contribution in [0, 0.1) is 0 Å². The number of hydrogen-bond acceptors (Lipinski definition) is 5. The SMILES string of the molecule is C=CCNC(=O)NC(=O)CN1C(=O)N[C@@](C)(c2ccc(OC(F)F)cc2)C1=O. The van der Waals surface area contributed by atoms with E-state index in [9.17, 15) is 28.0 Å². The summed E-state index contributed by atoms with van der Waals surface area (Å²) in [6.45, 7) is 1.27. The maximum absolute atomic E-state index is 12.7. The van der Waals surface area contributed by atoms with Crippen molar-refractivity contribution in [1.29, 1.82) is 0 Å². The van der Waals surface area contributed by atoms with Gasteiger partial charge in [-0.15, -0.1) is 6.58 Å². The molecule has 1 saturated heterocycles. The number of nitrogens with one attached hydrogen (secondary N) is 3. The average molecular weight is 396 g/mol. The summed E-state index contributed by atoms with van der Waals surface area (Å²) in [6.07, 6.45) is 1.41. The van der Waals surface area contributed by atoms with Crippen LogP contribution in [-0.2, 0) is 15.1 Å². The molecule has 6 amide bonds. The predicted molar refractivity (Wildman–Crippen MR) is 92.4 cm³/mol. The standard InChI is InChI=1S/C17H18F2N4O5/c1-3-8-20-15(26)21-12(24)9-23-13(25)17(2,22-16(23)27)10-4-6-11(7-5-10)28-14(18)19/h3-7,14H,1,8-9H2,2H3,(H,22,27)(H2,20,21,24,26)/t17-/m0/s1. The lowest BCUT2D eigenvalue weighted by molar-refractivity contribution is -0.134. The van der Waals surface area contributed by atoms with E-state index in [1.54, 1.807) is 0 Å². The molecule has 1 aliphatic rings. The Kier molecular flexibility index (Phi) is 6.29. The van der Waals surface area contributed by atoms with Gasteiger partial charge in [-0.25, -0.2) is 9.59 Å². The molecule has 150 valence electrons. The van der Waals surface area contributed by atoms with Crippen LogP contribution in [0.3, 0.4) is 0 Å². The Morgan fingerprint density at radius 2 is 1.96 bits per heavy atom. The topological polar surface area (TPSA) is 117 Å². The Hall–Kier alpha value is -3.50. The zero-order valence-corrected chi connectivity index (χ0v) is 14.8. The molecule has 28 heavy (non-hydrogen) atoms. The lowest BCUT2D eigenvalue weighted by Gasteiger charge is -2.22. The van der Waals surface area contributed by atoms with E-state index in [0.29, 0.717) is 10.5 Å². The van der Waals surface area contributed by atoms with E-state index >= 15 is 0 Å². The third-order valence-electron chi connectivity index (χ3n) is 3.89. The lowest BCUT2D eigenvalue weighted by atomic mass is 9.92. The van der Waals surface area contributed by atoms with E-state index in [-0.39, 0.29) is 12.3 Å². The van der Waals surface area contributed by atoms with E-state index in [2.05, 4.69) is 21.9 Å². The maximum atomic E-state index is 12.7. The molecule has 0 radical (unpaired) electrons. The molecule has 2 rings (SSSR count). The van der Waals surface area contributed by atoms with Crippen molar-refractivity contribution in [1.82, 2.24) is 20.9 Å². The highest BCUT2D eigenvalue weighted by Gasteiger charge is 2.49. The average Bonchev–Trinajstić information content (AvgIpc) is 2.84. The first-order valence-corrected chi connectivity index (χ1v) is 8.05. The number of hydrogen-bond donors (Lipinski definition) is 3. The van der Waals surface area contributed by atoms with Gasteiger partial charge in [0, 0.05) is 6.54 Å². The second-order valence-electron chi connectivity index (χ2n) is 5.90. The number of rotatable bonds is 7. The quantitative estimate of drug-likeness (QED) is 0.471. The number of benzene rings is 1. The van der Waals surface area contributed by atoms with Gasteiger partial charge in [0.2, 0.25) is 5.91 Å². The van der Waals surface area contributed by atoms with Crippen molar-refractivity contribution in [2.45, 2.75) is 19.1 Å². The van der Waals surface area contributed by atoms with E-state index in [1.807, 2.05) is 5.32 Å². The van der Waals surface area contributed by atoms with Gasteiger partial charge < -0.3 is 15.4 Å². The molecule has 0 bridgehead atoms. The first-order valence-electron chi connectivity index (χ1n) is 8.05. The van der Waals surface area contributed by atoms with Crippen molar-refractivity contribution in [3.63, 3.8) is 0 Å². The number of carbonyl (C=O) groups excluding carboxylic acids is 4. The van der Waals surface area contributed by atoms with Gasteiger partial charge in [-0.2, -0.15) is 8.78 Å². The molecule has 1 fully saturated rings. The molecule has 11 heteroatoms. The van der Waals surface area contributed by atoms with E-state index < -0.39 is 42.6 Å². The highest BCUT2D eigenvalue weighted by Crippen LogP contribution is 2.30. The molecule has 3 N–H and O–H groups in total. The molecule has 1 atom stereocenters. The van der Waals surface area contributed by atoms with Crippen LogP contribution in [0.1, 0.15) is 12.5 Å². The van der Waals surface area contributed by atoms with Gasteiger partial charge in [0.15, 0.2) is 0 Å². The normalized spacial score (nSPS) is 18.6. The van der Waals surface area contributed by atoms with Crippen molar-refractivity contribution in [2.24, 2.45) is 0 Å². The van der Waals surface area contributed by atoms with Crippen LogP contribution in [0.15, 0.2) is 36.9 Å². The summed E-state index contributed by atoms with van der Waals surface area (Å²) >= 11 is 0. The molecule has 9 nitrogen and oxygen atoms in total. The van der Waals surface area contributed by atoms with Gasteiger partial charge in [-0.1, -0.05) is 18.2 Å². The molecule has 1 aliphatic heterocycles. The zero-order chi connectivity index (χ0) is 20.9. The predicted octanol–water partition coefficient (Wildman–Crippen LogP) is 1.07. The number of alkyl halides is 2. The minimum absolute atomic E-state index is 0.110. The molecule has 0 unspecified atom stereocenters. The Morgan fingerprint density at radius 1 is 1.32 bits per heavy atom. The molecule has 0 aromatic heterocycles. The Bertz CT molecular complexity index is 799. The zero-order valence-electron chi connectivity index (χ0n) is 14.8. The number of nitrogens with zero attached hydrogens (tertiary/aromatic N) is 1. The molecule has 1 aromatic carbocycles. The number of amides is 6. The van der Waals surface area contributed by atoms with Crippen LogP contribution in [0.4, 0.5) is 18.4 Å². The molecular formula is C17H18F2N4O5. The second kappa shape index (κ2) is 8.46. The fourth-order valence-electron chi connectivity index (χ4n) is 2.52. The van der Waals surface area contributed by atoms with Crippen LogP contribution in [0.2, 0.25) is 0 Å². The van der Waals surface area contributed by atoms with Crippen molar-refractivity contribution in [2.75, 3.05) is 13.1 Å².